The van der Waals surface area contributed by atoms with Gasteiger partial charge in [-0.25, -0.2) is 4.79 Å². The third kappa shape index (κ3) is 7.92. The molecule has 2 amide bonds. The van der Waals surface area contributed by atoms with Crippen LogP contribution in [0.5, 0.6) is 11.5 Å². The van der Waals surface area contributed by atoms with Crippen molar-refractivity contribution >= 4 is 35.1 Å². The Labute approximate surface area is 233 Å². The zero-order valence-electron chi connectivity index (χ0n) is 22.3. The second-order valence-electron chi connectivity index (χ2n) is 9.39. The lowest BCUT2D eigenvalue weighted by Crippen LogP contribution is -2.28. The van der Waals surface area contributed by atoms with Crippen molar-refractivity contribution in [3.63, 3.8) is 0 Å². The van der Waals surface area contributed by atoms with E-state index >= 15 is 0 Å². The summed E-state index contributed by atoms with van der Waals surface area (Å²) < 4.78 is 16.2. The number of esters is 2. The Morgan fingerprint density at radius 2 is 1.57 bits per heavy atom. The summed E-state index contributed by atoms with van der Waals surface area (Å²) in [5.41, 5.74) is 1.49. The van der Waals surface area contributed by atoms with Gasteiger partial charge in [-0.05, 0) is 67.1 Å². The Hall–Kier alpha value is -4.66. The molecule has 1 saturated heterocycles. The Morgan fingerprint density at radius 3 is 2.27 bits per heavy atom. The summed E-state index contributed by atoms with van der Waals surface area (Å²) in [6, 6.07) is 22.6. The van der Waals surface area contributed by atoms with E-state index in [1.807, 2.05) is 30.3 Å². The van der Waals surface area contributed by atoms with Crippen LogP contribution < -0.4 is 15.0 Å². The molecule has 1 heterocycles. The number of unbranched alkanes of at least 4 members (excludes halogenated alkanes) is 2. The molecule has 3 aromatic rings. The highest BCUT2D eigenvalue weighted by Crippen LogP contribution is 2.27. The number of benzene rings is 3. The van der Waals surface area contributed by atoms with Crippen molar-refractivity contribution < 1.29 is 33.4 Å². The molecule has 0 bridgehead atoms. The molecule has 9 heteroatoms. The first-order chi connectivity index (χ1) is 19.4. The summed E-state index contributed by atoms with van der Waals surface area (Å²) >= 11 is 0. The van der Waals surface area contributed by atoms with E-state index in [4.69, 9.17) is 14.2 Å². The smallest absolute Gasteiger partial charge is 0.338 e. The van der Waals surface area contributed by atoms with Crippen LogP contribution in [0.25, 0.3) is 0 Å². The zero-order valence-corrected chi connectivity index (χ0v) is 22.3. The minimum absolute atomic E-state index is 0.0233. The summed E-state index contributed by atoms with van der Waals surface area (Å²) in [5, 5.41) is 2.67. The van der Waals surface area contributed by atoms with E-state index in [1.165, 1.54) is 4.90 Å². The number of rotatable bonds is 12. The Morgan fingerprint density at radius 1 is 0.875 bits per heavy atom. The second-order valence-corrected chi connectivity index (χ2v) is 9.39. The van der Waals surface area contributed by atoms with E-state index in [0.717, 1.165) is 19.3 Å². The summed E-state index contributed by atoms with van der Waals surface area (Å²) in [6.07, 6.45) is 2.83. The lowest BCUT2D eigenvalue weighted by atomic mass is 10.1. The molecule has 0 aliphatic carbocycles. The van der Waals surface area contributed by atoms with E-state index in [-0.39, 0.29) is 18.9 Å². The first-order valence-corrected chi connectivity index (χ1v) is 13.3. The standard InChI is InChI=1S/C31H32N2O7/c1-2-3-7-18-38-30(36)22-10-14-25(15-11-22)33-20-23(19-29(33)35)31(37)39-21-28(34)32-24-12-16-27(17-13-24)40-26-8-5-4-6-9-26/h4-6,8-17,23H,2-3,7,18-21H2,1H3,(H,32,34)/t23-/m0/s1. The number of hydrogen-bond acceptors (Lipinski definition) is 7. The highest BCUT2D eigenvalue weighted by atomic mass is 16.5. The fraction of sp³-hybridized carbons (Fsp3) is 0.290. The van der Waals surface area contributed by atoms with Gasteiger partial charge in [0, 0.05) is 24.3 Å². The first kappa shape index (κ1) is 28.4. The number of nitrogens with one attached hydrogen (secondary N) is 1. The molecular weight excluding hydrogens is 512 g/mol. The minimum Gasteiger partial charge on any atom is -0.462 e. The largest absolute Gasteiger partial charge is 0.462 e. The number of carbonyl (C=O) groups is 4. The Kier molecular flexibility index (Phi) is 9.88. The molecule has 1 atom stereocenters. The fourth-order valence-corrected chi connectivity index (χ4v) is 4.18. The molecule has 3 aromatic carbocycles. The summed E-state index contributed by atoms with van der Waals surface area (Å²) in [4.78, 5) is 51.1. The van der Waals surface area contributed by atoms with Crippen molar-refractivity contribution in [1.82, 2.24) is 0 Å². The van der Waals surface area contributed by atoms with E-state index in [0.29, 0.717) is 35.0 Å². The normalized spacial score (nSPS) is 14.5. The summed E-state index contributed by atoms with van der Waals surface area (Å²) in [6.45, 7) is 2.10. The van der Waals surface area contributed by atoms with E-state index in [2.05, 4.69) is 12.2 Å². The molecule has 0 spiro atoms. The molecule has 0 unspecified atom stereocenters. The van der Waals surface area contributed by atoms with Gasteiger partial charge in [-0.3, -0.25) is 14.4 Å². The molecule has 0 saturated carbocycles. The van der Waals surface area contributed by atoms with Crippen molar-refractivity contribution in [2.75, 3.05) is 30.0 Å². The fourth-order valence-electron chi connectivity index (χ4n) is 4.18. The Bertz CT molecular complexity index is 1310. The molecule has 1 fully saturated rings. The lowest BCUT2D eigenvalue weighted by molar-refractivity contribution is -0.151. The van der Waals surface area contributed by atoms with Crippen molar-refractivity contribution in [3.05, 3.63) is 84.4 Å². The van der Waals surface area contributed by atoms with Gasteiger partial charge >= 0.3 is 11.9 Å². The maximum atomic E-state index is 12.6. The van der Waals surface area contributed by atoms with Gasteiger partial charge < -0.3 is 24.4 Å². The average Bonchev–Trinajstić information content (AvgIpc) is 3.37. The van der Waals surface area contributed by atoms with Crippen LogP contribution in [-0.2, 0) is 23.9 Å². The molecule has 0 aromatic heterocycles. The van der Waals surface area contributed by atoms with E-state index in [1.54, 1.807) is 48.5 Å². The van der Waals surface area contributed by atoms with Crippen LogP contribution in [0.1, 0.15) is 43.0 Å². The number of para-hydroxylation sites is 1. The number of hydrogen-bond donors (Lipinski definition) is 1. The van der Waals surface area contributed by atoms with Gasteiger partial charge in [0.25, 0.3) is 5.91 Å². The Balaban J connectivity index is 1.21. The van der Waals surface area contributed by atoms with E-state index < -0.39 is 30.4 Å². The van der Waals surface area contributed by atoms with Crippen LogP contribution in [0.2, 0.25) is 0 Å². The first-order valence-electron chi connectivity index (χ1n) is 13.3. The molecule has 9 nitrogen and oxygen atoms in total. The molecule has 40 heavy (non-hydrogen) atoms. The molecule has 1 N–H and O–H groups in total. The van der Waals surface area contributed by atoms with Gasteiger partial charge in [0.05, 0.1) is 18.1 Å². The molecule has 208 valence electrons. The van der Waals surface area contributed by atoms with Crippen molar-refractivity contribution in [3.8, 4) is 11.5 Å². The SMILES string of the molecule is CCCCCOC(=O)c1ccc(N2C[C@@H](C(=O)OCC(=O)Nc3ccc(Oc4ccccc4)cc3)CC2=O)cc1. The van der Waals surface area contributed by atoms with Crippen LogP contribution >= 0.6 is 0 Å². The topological polar surface area (TPSA) is 111 Å². The highest BCUT2D eigenvalue weighted by Gasteiger charge is 2.36. The van der Waals surface area contributed by atoms with E-state index in [9.17, 15) is 19.2 Å². The van der Waals surface area contributed by atoms with Crippen molar-refractivity contribution in [1.29, 1.82) is 0 Å². The van der Waals surface area contributed by atoms with Crippen LogP contribution in [-0.4, -0.2) is 43.5 Å². The molecule has 4 rings (SSSR count). The predicted octanol–water partition coefficient (Wildman–Crippen LogP) is 5.36. The third-order valence-corrected chi connectivity index (χ3v) is 6.32. The van der Waals surface area contributed by atoms with Crippen LogP contribution in [0.3, 0.4) is 0 Å². The van der Waals surface area contributed by atoms with Crippen molar-refractivity contribution in [2.24, 2.45) is 5.92 Å². The van der Waals surface area contributed by atoms with Gasteiger partial charge in [-0.1, -0.05) is 38.0 Å². The summed E-state index contributed by atoms with van der Waals surface area (Å²) in [5.74, 6) is -1.15. The van der Waals surface area contributed by atoms with Gasteiger partial charge in [0.1, 0.15) is 11.5 Å². The van der Waals surface area contributed by atoms with Crippen LogP contribution in [0.15, 0.2) is 78.9 Å². The van der Waals surface area contributed by atoms with Gasteiger partial charge in [-0.2, -0.15) is 0 Å². The number of amides is 2. The highest BCUT2D eigenvalue weighted by molar-refractivity contribution is 6.00. The predicted molar refractivity (Wildman–Crippen MR) is 149 cm³/mol. The number of ether oxygens (including phenoxy) is 3. The van der Waals surface area contributed by atoms with Crippen LogP contribution in [0.4, 0.5) is 11.4 Å². The molecule has 0 radical (unpaired) electrons. The van der Waals surface area contributed by atoms with Gasteiger partial charge in [0.2, 0.25) is 5.91 Å². The molecular formula is C31H32N2O7. The number of nitrogens with zero attached hydrogens (tertiary/aromatic N) is 1. The monoisotopic (exact) mass is 544 g/mol. The van der Waals surface area contributed by atoms with Gasteiger partial charge in [-0.15, -0.1) is 0 Å². The second kappa shape index (κ2) is 13.9. The molecule has 1 aliphatic rings. The maximum absolute atomic E-state index is 12.6. The molecule has 1 aliphatic heterocycles. The zero-order chi connectivity index (χ0) is 28.3. The van der Waals surface area contributed by atoms with Gasteiger partial charge in [0.15, 0.2) is 6.61 Å². The minimum atomic E-state index is -0.696. The lowest BCUT2D eigenvalue weighted by Gasteiger charge is -2.17. The van der Waals surface area contributed by atoms with Crippen LogP contribution in [0, 0.1) is 5.92 Å². The maximum Gasteiger partial charge on any atom is 0.338 e. The number of carbonyl (C=O) groups excluding carboxylic acids is 4. The number of anilines is 2. The average molecular weight is 545 g/mol. The summed E-state index contributed by atoms with van der Waals surface area (Å²) in [7, 11) is 0. The quantitative estimate of drug-likeness (QED) is 0.241. The third-order valence-electron chi connectivity index (χ3n) is 6.32. The van der Waals surface area contributed by atoms with Crippen molar-refractivity contribution in [2.45, 2.75) is 32.6 Å².